The summed E-state index contributed by atoms with van der Waals surface area (Å²) in [6.07, 6.45) is 2.71. The number of carbonyl (C=O) groups is 4. The predicted octanol–water partition coefficient (Wildman–Crippen LogP) is 2.14. The van der Waals surface area contributed by atoms with Gasteiger partial charge in [0, 0.05) is 43.3 Å². The molecule has 0 bridgehead atoms. The molecule has 1 aliphatic carbocycles. The predicted molar refractivity (Wildman–Crippen MR) is 116 cm³/mol. The topological polar surface area (TPSA) is 110 Å². The molecule has 1 unspecified atom stereocenters. The summed E-state index contributed by atoms with van der Waals surface area (Å²) in [6.45, 7) is 0.882. The second-order valence-corrected chi connectivity index (χ2v) is 9.29. The Labute approximate surface area is 182 Å². The lowest BCUT2D eigenvalue weighted by Crippen LogP contribution is -2.38. The van der Waals surface area contributed by atoms with E-state index in [2.05, 4.69) is 5.32 Å². The Balaban J connectivity index is 1.40. The summed E-state index contributed by atoms with van der Waals surface area (Å²) >= 11 is 1.29. The number of hydrogen-bond acceptors (Lipinski definition) is 6. The highest BCUT2D eigenvalue weighted by molar-refractivity contribution is 8.00. The van der Waals surface area contributed by atoms with Crippen LogP contribution in [0.15, 0.2) is 24.3 Å². The molecule has 1 saturated heterocycles. The molecule has 1 aliphatic heterocycles. The van der Waals surface area contributed by atoms with Gasteiger partial charge in [0.15, 0.2) is 0 Å². The number of amides is 3. The second-order valence-electron chi connectivity index (χ2n) is 7.98. The molecule has 30 heavy (non-hydrogen) atoms. The molecule has 0 radical (unpaired) electrons. The first-order valence-corrected chi connectivity index (χ1v) is 11.5. The molecule has 3 amide bonds. The van der Waals surface area contributed by atoms with E-state index in [1.54, 1.807) is 0 Å². The van der Waals surface area contributed by atoms with Crippen LogP contribution in [-0.4, -0.2) is 46.4 Å². The van der Waals surface area contributed by atoms with Gasteiger partial charge in [-0.1, -0.05) is 12.1 Å². The highest BCUT2D eigenvalue weighted by Crippen LogP contribution is 2.32. The van der Waals surface area contributed by atoms with Crippen LogP contribution >= 0.6 is 11.8 Å². The van der Waals surface area contributed by atoms with Gasteiger partial charge in [-0.25, -0.2) is 0 Å². The largest absolute Gasteiger partial charge is 0.399 e. The van der Waals surface area contributed by atoms with Gasteiger partial charge in [0.25, 0.3) is 0 Å². The molecule has 1 aromatic rings. The molecule has 2 fully saturated rings. The van der Waals surface area contributed by atoms with Crippen molar-refractivity contribution in [3.63, 3.8) is 0 Å². The number of nitrogen functional groups attached to an aromatic ring is 1. The molecule has 3 rings (SSSR count). The summed E-state index contributed by atoms with van der Waals surface area (Å²) < 4.78 is 6.93. The minimum atomic E-state index is -0.657. The number of anilines is 1. The number of nitrogens with one attached hydrogen (secondary N) is 1. The van der Waals surface area contributed by atoms with Crippen molar-refractivity contribution in [2.45, 2.75) is 50.3 Å². The third-order valence-electron chi connectivity index (χ3n) is 5.83. The zero-order chi connectivity index (χ0) is 22.4. The van der Waals surface area contributed by atoms with Gasteiger partial charge in [0.05, 0.1) is 5.25 Å². The fraction of sp³-hybridized carbons (Fsp3) is 0.545. The van der Waals surface area contributed by atoms with Crippen LogP contribution in [0.25, 0.3) is 0 Å². The minimum absolute atomic E-state index is 0.0410. The maximum Gasteiger partial charge on any atom is 0.242 e. The van der Waals surface area contributed by atoms with E-state index in [-0.39, 0.29) is 42.4 Å². The van der Waals surface area contributed by atoms with Crippen molar-refractivity contribution in [2.24, 2.45) is 11.8 Å². The number of likely N-dealkylation sites (tertiary alicyclic amines) is 1. The minimum Gasteiger partial charge on any atom is -0.399 e. The molecular formula is C22H29N3O4S. The Kier molecular flexibility index (Phi) is 7.39. The average Bonchev–Trinajstić information content (AvgIpc) is 3.01. The number of hydrogen-bond donors (Lipinski definition) is 2. The normalized spacial score (nSPS) is 24.6. The van der Waals surface area contributed by atoms with Gasteiger partial charge >= 0.3 is 0 Å². The average molecular weight is 433 g/mol. The van der Waals surface area contributed by atoms with E-state index in [0.717, 1.165) is 31.2 Å². The summed E-state index contributed by atoms with van der Waals surface area (Å²) in [7, 11) is 0. The van der Waals surface area contributed by atoms with Crippen LogP contribution < -0.4 is 11.1 Å². The summed E-state index contributed by atoms with van der Waals surface area (Å²) in [6, 6.07) is 7.41. The van der Waals surface area contributed by atoms with E-state index in [1.165, 1.54) is 16.7 Å². The molecule has 0 spiro atoms. The summed E-state index contributed by atoms with van der Waals surface area (Å²) in [5, 5.41) is 2.54. The molecule has 2 aliphatic rings. The first-order valence-electron chi connectivity index (χ1n) is 10.9. The monoisotopic (exact) mass is 432 g/mol. The van der Waals surface area contributed by atoms with Crippen molar-refractivity contribution in [3.05, 3.63) is 29.8 Å². The fourth-order valence-corrected chi connectivity index (χ4v) is 5.07. The molecule has 8 heteroatoms. The fourth-order valence-electron chi connectivity index (χ4n) is 4.05. The van der Waals surface area contributed by atoms with Crippen molar-refractivity contribution < 1.29 is 20.5 Å². The third kappa shape index (κ3) is 5.84. The number of nitrogens with two attached hydrogens (primary N) is 1. The van der Waals surface area contributed by atoms with E-state index in [4.69, 9.17) is 7.10 Å². The van der Waals surface area contributed by atoms with Crippen molar-refractivity contribution in [1.29, 1.82) is 0 Å². The molecule has 3 N–H and O–H groups in total. The first-order chi connectivity index (χ1) is 14.8. The van der Waals surface area contributed by atoms with Crippen molar-refractivity contribution in [3.8, 4) is 0 Å². The quantitative estimate of drug-likeness (QED) is 0.351. The second kappa shape index (κ2) is 10.6. The van der Waals surface area contributed by atoms with Gasteiger partial charge in [0.2, 0.25) is 17.7 Å². The maximum atomic E-state index is 12.6. The molecule has 0 aromatic heterocycles. The van der Waals surface area contributed by atoms with Gasteiger partial charge in [-0.2, -0.15) is 0 Å². The molecule has 1 atom stereocenters. The summed E-state index contributed by atoms with van der Waals surface area (Å²) in [4.78, 5) is 49.4. The van der Waals surface area contributed by atoms with Crippen LogP contribution in [0, 0.1) is 11.8 Å². The Morgan fingerprint density at radius 2 is 1.93 bits per heavy atom. The zero-order valence-corrected chi connectivity index (χ0v) is 17.8. The van der Waals surface area contributed by atoms with E-state index in [0.29, 0.717) is 24.5 Å². The molecule has 1 saturated carbocycles. The SMILES string of the molecule is [2H]C(=O)CCSC1CC(=O)N(CC2CCC(C(=O)NCc3ccc(N)cc3)CC2)C1=O. The lowest BCUT2D eigenvalue weighted by atomic mass is 9.81. The third-order valence-corrected chi connectivity index (χ3v) is 7.04. The Hall–Kier alpha value is -2.35. The van der Waals surface area contributed by atoms with Crippen molar-refractivity contribution in [2.75, 3.05) is 18.0 Å². The van der Waals surface area contributed by atoms with Crippen LogP contribution in [0.1, 0.15) is 45.5 Å². The molecule has 1 aromatic carbocycles. The van der Waals surface area contributed by atoms with E-state index >= 15 is 0 Å². The van der Waals surface area contributed by atoms with Crippen LogP contribution in [0.4, 0.5) is 5.69 Å². The van der Waals surface area contributed by atoms with E-state index in [9.17, 15) is 19.2 Å². The standard InChI is InChI=1S/C22H29N3O4S/c23-18-8-4-15(5-9-18)13-24-21(28)17-6-2-16(3-7-17)14-25-20(27)12-19(22(25)29)30-11-1-10-26/h4-5,8-10,16-17,19H,1-3,6-7,11-14,23H2,(H,24,28)/i10D. The highest BCUT2D eigenvalue weighted by atomic mass is 32.2. The van der Waals surface area contributed by atoms with Gasteiger partial charge in [0.1, 0.15) is 7.63 Å². The highest BCUT2D eigenvalue weighted by Gasteiger charge is 2.40. The number of benzene rings is 1. The summed E-state index contributed by atoms with van der Waals surface area (Å²) in [5.74, 6) is 0.257. The summed E-state index contributed by atoms with van der Waals surface area (Å²) in [5.41, 5.74) is 7.37. The van der Waals surface area contributed by atoms with Gasteiger partial charge in [-0.15, -0.1) is 11.8 Å². The van der Waals surface area contributed by atoms with Gasteiger partial charge < -0.3 is 15.8 Å². The van der Waals surface area contributed by atoms with E-state index in [1.807, 2.05) is 24.3 Å². The lowest BCUT2D eigenvalue weighted by Gasteiger charge is -2.30. The number of nitrogens with zero attached hydrogens (tertiary/aromatic N) is 1. The van der Waals surface area contributed by atoms with Gasteiger partial charge in [-0.05, 0) is 49.3 Å². The van der Waals surface area contributed by atoms with Crippen LogP contribution in [0.5, 0.6) is 0 Å². The Morgan fingerprint density at radius 1 is 1.23 bits per heavy atom. The van der Waals surface area contributed by atoms with Crippen molar-refractivity contribution in [1.82, 2.24) is 10.2 Å². The van der Waals surface area contributed by atoms with E-state index < -0.39 is 11.5 Å². The maximum absolute atomic E-state index is 12.6. The molecular weight excluding hydrogens is 402 g/mol. The van der Waals surface area contributed by atoms with Crippen LogP contribution in [-0.2, 0) is 25.7 Å². The number of carbonyl (C=O) groups excluding carboxylic acids is 4. The zero-order valence-electron chi connectivity index (χ0n) is 18.0. The van der Waals surface area contributed by atoms with Crippen LogP contribution in [0.2, 0.25) is 0 Å². The van der Waals surface area contributed by atoms with Crippen molar-refractivity contribution >= 4 is 41.4 Å². The molecule has 7 nitrogen and oxygen atoms in total. The molecule has 162 valence electrons. The number of thioether (sulfide) groups is 1. The lowest BCUT2D eigenvalue weighted by molar-refractivity contribution is -0.139. The number of imide groups is 1. The Bertz CT molecular complexity index is 825. The number of aldehydes is 1. The van der Waals surface area contributed by atoms with Crippen LogP contribution in [0.3, 0.4) is 0 Å². The Morgan fingerprint density at radius 3 is 2.60 bits per heavy atom. The smallest absolute Gasteiger partial charge is 0.242 e. The number of rotatable bonds is 9. The first kappa shape index (κ1) is 20.9. The molecule has 1 heterocycles. The van der Waals surface area contributed by atoms with Gasteiger partial charge in [-0.3, -0.25) is 19.3 Å².